The van der Waals surface area contributed by atoms with Crippen LogP contribution < -0.4 is 15.4 Å². The van der Waals surface area contributed by atoms with Crippen LogP contribution in [0.1, 0.15) is 64.2 Å². The number of amides is 1. The van der Waals surface area contributed by atoms with E-state index >= 15 is 0 Å². The maximum absolute atomic E-state index is 12.8. The van der Waals surface area contributed by atoms with Crippen molar-refractivity contribution in [3.8, 4) is 17.6 Å². The van der Waals surface area contributed by atoms with Crippen molar-refractivity contribution in [1.82, 2.24) is 10.6 Å². The normalized spacial score (nSPS) is 15.4. The van der Waals surface area contributed by atoms with Gasteiger partial charge in [-0.05, 0) is 83.7 Å². The molecule has 1 aliphatic rings. The van der Waals surface area contributed by atoms with Gasteiger partial charge in [-0.15, -0.1) is 0 Å². The molecule has 0 saturated heterocycles. The van der Waals surface area contributed by atoms with Crippen LogP contribution in [-0.4, -0.2) is 54.3 Å². The van der Waals surface area contributed by atoms with Gasteiger partial charge < -0.3 is 24.6 Å². The predicted octanol–water partition coefficient (Wildman–Crippen LogP) is 2.91. The van der Waals surface area contributed by atoms with Crippen LogP contribution in [0, 0.1) is 11.8 Å². The van der Waals surface area contributed by atoms with Crippen molar-refractivity contribution in [2.24, 2.45) is 0 Å². The molecule has 34 heavy (non-hydrogen) atoms. The highest BCUT2D eigenvalue weighted by Crippen LogP contribution is 2.18. The molecule has 2 atom stereocenters. The zero-order chi connectivity index (χ0) is 25.4. The second kappa shape index (κ2) is 12.0. The Morgan fingerprint density at radius 1 is 1.15 bits per heavy atom. The van der Waals surface area contributed by atoms with E-state index < -0.39 is 35.5 Å². The number of esters is 1. The standard InChI is InChI=1S/C26H36N2O6/c1-25(2,3)34-24(31)28-26(4,5)21(23(30)32-6)27-22(29)19-13-15-20(16-14-19)33-17-9-12-18-10-7-8-11-18/h10,13-16,21,24,28,31H,7-8,11,17H2,1-6H3,(H,27,29). The van der Waals surface area contributed by atoms with Crippen molar-refractivity contribution in [3.05, 3.63) is 41.5 Å². The molecule has 0 bridgehead atoms. The van der Waals surface area contributed by atoms with E-state index in [2.05, 4.69) is 28.6 Å². The maximum Gasteiger partial charge on any atom is 0.330 e. The van der Waals surface area contributed by atoms with Gasteiger partial charge in [0, 0.05) is 11.1 Å². The lowest BCUT2D eigenvalue weighted by Crippen LogP contribution is -2.64. The van der Waals surface area contributed by atoms with Crippen molar-refractivity contribution in [2.75, 3.05) is 13.7 Å². The highest BCUT2D eigenvalue weighted by Gasteiger charge is 2.39. The summed E-state index contributed by atoms with van der Waals surface area (Å²) in [5.74, 6) is 5.55. The third-order valence-corrected chi connectivity index (χ3v) is 5.11. The van der Waals surface area contributed by atoms with Gasteiger partial charge in [-0.25, -0.2) is 4.79 Å². The van der Waals surface area contributed by atoms with Crippen molar-refractivity contribution in [3.63, 3.8) is 0 Å². The molecule has 3 N–H and O–H groups in total. The average Bonchev–Trinajstić information content (AvgIpc) is 3.26. The Labute approximate surface area is 202 Å². The summed E-state index contributed by atoms with van der Waals surface area (Å²) in [6.07, 6.45) is 4.06. The number of aliphatic hydroxyl groups excluding tert-OH is 1. The van der Waals surface area contributed by atoms with Crippen LogP contribution in [0.25, 0.3) is 0 Å². The van der Waals surface area contributed by atoms with E-state index in [-0.39, 0.29) is 6.61 Å². The Kier molecular flexibility index (Phi) is 9.68. The molecule has 1 aromatic rings. The quantitative estimate of drug-likeness (QED) is 0.288. The first-order valence-corrected chi connectivity index (χ1v) is 11.3. The van der Waals surface area contributed by atoms with Crippen molar-refractivity contribution < 1.29 is 28.9 Å². The molecule has 0 aliphatic heterocycles. The van der Waals surface area contributed by atoms with Crippen LogP contribution in [0.3, 0.4) is 0 Å². The monoisotopic (exact) mass is 472 g/mol. The van der Waals surface area contributed by atoms with Gasteiger partial charge in [0.25, 0.3) is 5.91 Å². The molecule has 0 fully saturated rings. The van der Waals surface area contributed by atoms with Gasteiger partial charge in [0.1, 0.15) is 18.4 Å². The summed E-state index contributed by atoms with van der Waals surface area (Å²) in [5.41, 5.74) is -0.212. The number of allylic oxidation sites excluding steroid dienone is 2. The van der Waals surface area contributed by atoms with Gasteiger partial charge in [0.05, 0.1) is 12.7 Å². The Morgan fingerprint density at radius 3 is 2.38 bits per heavy atom. The molecular formula is C26H36N2O6. The number of nitrogens with one attached hydrogen (secondary N) is 2. The molecule has 0 saturated carbocycles. The van der Waals surface area contributed by atoms with Gasteiger partial charge in [-0.2, -0.15) is 0 Å². The third-order valence-electron chi connectivity index (χ3n) is 5.11. The number of hydrogen-bond acceptors (Lipinski definition) is 7. The fraction of sp³-hybridized carbons (Fsp3) is 0.538. The molecule has 1 aromatic carbocycles. The van der Waals surface area contributed by atoms with Gasteiger partial charge in [0.15, 0.2) is 0 Å². The second-order valence-corrected chi connectivity index (χ2v) is 9.61. The zero-order valence-corrected chi connectivity index (χ0v) is 20.9. The number of aliphatic hydroxyl groups is 1. The maximum atomic E-state index is 12.8. The predicted molar refractivity (Wildman–Crippen MR) is 129 cm³/mol. The van der Waals surface area contributed by atoms with Gasteiger partial charge in [-0.3, -0.25) is 10.1 Å². The Balaban J connectivity index is 2.00. The minimum atomic E-state index is -1.36. The Morgan fingerprint density at radius 2 is 1.82 bits per heavy atom. The molecule has 2 rings (SSSR count). The summed E-state index contributed by atoms with van der Waals surface area (Å²) in [4.78, 5) is 25.3. The smallest absolute Gasteiger partial charge is 0.330 e. The third kappa shape index (κ3) is 8.82. The molecule has 2 unspecified atom stereocenters. The van der Waals surface area contributed by atoms with Crippen LogP contribution in [0.15, 0.2) is 35.9 Å². The topological polar surface area (TPSA) is 106 Å². The molecule has 1 aliphatic carbocycles. The van der Waals surface area contributed by atoms with Crippen LogP contribution in [0.4, 0.5) is 0 Å². The van der Waals surface area contributed by atoms with E-state index in [0.29, 0.717) is 11.3 Å². The Bertz CT molecular complexity index is 935. The highest BCUT2D eigenvalue weighted by molar-refractivity contribution is 5.97. The number of ether oxygens (including phenoxy) is 3. The molecular weight excluding hydrogens is 436 g/mol. The van der Waals surface area contributed by atoms with E-state index in [1.807, 2.05) is 0 Å². The largest absolute Gasteiger partial charge is 0.481 e. The van der Waals surface area contributed by atoms with E-state index in [9.17, 15) is 14.7 Å². The number of carbonyl (C=O) groups is 2. The van der Waals surface area contributed by atoms with Gasteiger partial charge in [0.2, 0.25) is 6.41 Å². The molecule has 186 valence electrons. The molecule has 0 radical (unpaired) electrons. The average molecular weight is 473 g/mol. The molecule has 0 spiro atoms. The molecule has 8 nitrogen and oxygen atoms in total. The summed E-state index contributed by atoms with van der Waals surface area (Å²) in [6.45, 7) is 8.94. The van der Waals surface area contributed by atoms with Crippen molar-refractivity contribution in [2.45, 2.75) is 77.5 Å². The SMILES string of the molecule is COC(=O)C(NC(=O)c1ccc(OCC#CC2=CCCC2)cc1)C(C)(C)NC(O)OC(C)(C)C. The fourth-order valence-electron chi connectivity index (χ4n) is 3.39. The molecule has 0 heterocycles. The second-order valence-electron chi connectivity index (χ2n) is 9.61. The zero-order valence-electron chi connectivity index (χ0n) is 20.9. The first kappa shape index (κ1) is 27.4. The molecule has 0 aromatic heterocycles. The summed E-state index contributed by atoms with van der Waals surface area (Å²) in [5, 5.41) is 15.7. The highest BCUT2D eigenvalue weighted by atomic mass is 16.6. The number of benzene rings is 1. The number of rotatable bonds is 9. The van der Waals surface area contributed by atoms with Crippen LogP contribution >= 0.6 is 0 Å². The lowest BCUT2D eigenvalue weighted by molar-refractivity contribution is -0.193. The van der Waals surface area contributed by atoms with E-state index in [1.165, 1.54) is 7.11 Å². The van der Waals surface area contributed by atoms with E-state index in [0.717, 1.165) is 24.8 Å². The summed E-state index contributed by atoms with van der Waals surface area (Å²) in [6, 6.07) is 5.44. The lowest BCUT2D eigenvalue weighted by Gasteiger charge is -2.37. The molecule has 1 amide bonds. The lowest BCUT2D eigenvalue weighted by atomic mass is 9.94. The van der Waals surface area contributed by atoms with Gasteiger partial charge >= 0.3 is 5.97 Å². The summed E-state index contributed by atoms with van der Waals surface area (Å²) in [7, 11) is 1.23. The van der Waals surface area contributed by atoms with Crippen LogP contribution in [-0.2, 0) is 14.3 Å². The van der Waals surface area contributed by atoms with E-state index in [1.54, 1.807) is 58.9 Å². The fourth-order valence-corrected chi connectivity index (χ4v) is 3.39. The minimum absolute atomic E-state index is 0.256. The first-order chi connectivity index (χ1) is 15.9. The van der Waals surface area contributed by atoms with Crippen LogP contribution in [0.2, 0.25) is 0 Å². The van der Waals surface area contributed by atoms with Crippen molar-refractivity contribution in [1.29, 1.82) is 0 Å². The minimum Gasteiger partial charge on any atom is -0.481 e. The Hall–Kier alpha value is -2.86. The number of hydrogen-bond donors (Lipinski definition) is 3. The van der Waals surface area contributed by atoms with Gasteiger partial charge in [-0.1, -0.05) is 17.9 Å². The van der Waals surface area contributed by atoms with E-state index in [4.69, 9.17) is 14.2 Å². The van der Waals surface area contributed by atoms with Crippen LogP contribution in [0.5, 0.6) is 5.75 Å². The summed E-state index contributed by atoms with van der Waals surface area (Å²) < 4.78 is 16.0. The summed E-state index contributed by atoms with van der Waals surface area (Å²) >= 11 is 0. The number of carbonyl (C=O) groups excluding carboxylic acids is 2. The number of methoxy groups -OCH3 is 1. The first-order valence-electron chi connectivity index (χ1n) is 11.3. The van der Waals surface area contributed by atoms with Crippen molar-refractivity contribution >= 4 is 11.9 Å². The molecule has 8 heteroatoms.